The van der Waals surface area contributed by atoms with Gasteiger partial charge in [0, 0.05) is 32.1 Å². The molecule has 2 amide bonds. The molecule has 118 valence electrons. The molecule has 0 bridgehead atoms. The van der Waals surface area contributed by atoms with Gasteiger partial charge in [0.1, 0.15) is 12.7 Å². The van der Waals surface area contributed by atoms with Crippen molar-refractivity contribution in [3.63, 3.8) is 0 Å². The van der Waals surface area contributed by atoms with Gasteiger partial charge in [0.05, 0.1) is 12.0 Å². The van der Waals surface area contributed by atoms with Crippen LogP contribution >= 0.6 is 0 Å². The van der Waals surface area contributed by atoms with Crippen molar-refractivity contribution in [2.75, 3.05) is 19.6 Å². The molecule has 3 fully saturated rings. The minimum atomic E-state index is -0.150. The summed E-state index contributed by atoms with van der Waals surface area (Å²) >= 11 is 0. The molecular weight excluding hydrogens is 282 g/mol. The quantitative estimate of drug-likeness (QED) is 0.813. The maximum atomic E-state index is 12.8. The lowest BCUT2D eigenvalue weighted by molar-refractivity contribution is -0.137. The fourth-order valence-corrected chi connectivity index (χ4v) is 3.67. The Balaban J connectivity index is 1.41. The molecule has 0 radical (unpaired) electrons. The summed E-state index contributed by atoms with van der Waals surface area (Å²) in [6, 6.07) is 0.617. The molecule has 0 N–H and O–H groups in total. The standard InChI is InChI=1S/C15H21N5O2/c21-14-6-11(7-19(14)12-3-4-12)15(22)18-5-1-2-13(8-18)20-10-16-9-17-20/h9-13H,1-8H2/t11-,13-/m1/s1. The minimum Gasteiger partial charge on any atom is -0.340 e. The molecule has 4 rings (SSSR count). The van der Waals surface area contributed by atoms with Crippen molar-refractivity contribution in [3.8, 4) is 0 Å². The van der Waals surface area contributed by atoms with Gasteiger partial charge >= 0.3 is 0 Å². The smallest absolute Gasteiger partial charge is 0.228 e. The van der Waals surface area contributed by atoms with Gasteiger partial charge in [-0.3, -0.25) is 9.59 Å². The molecule has 7 heteroatoms. The van der Waals surface area contributed by atoms with Crippen LogP contribution in [0.3, 0.4) is 0 Å². The Kier molecular flexibility index (Phi) is 3.35. The zero-order valence-electron chi connectivity index (χ0n) is 12.6. The van der Waals surface area contributed by atoms with E-state index in [2.05, 4.69) is 10.1 Å². The molecule has 3 heterocycles. The summed E-state index contributed by atoms with van der Waals surface area (Å²) in [7, 11) is 0. The van der Waals surface area contributed by atoms with Crippen LogP contribution in [-0.4, -0.2) is 62.1 Å². The van der Waals surface area contributed by atoms with Crippen LogP contribution in [0.4, 0.5) is 0 Å². The first kappa shape index (κ1) is 13.7. The lowest BCUT2D eigenvalue weighted by atomic mass is 10.0. The molecule has 1 aromatic heterocycles. The van der Waals surface area contributed by atoms with Crippen LogP contribution in [-0.2, 0) is 9.59 Å². The first-order chi connectivity index (χ1) is 10.7. The first-order valence-electron chi connectivity index (χ1n) is 8.15. The van der Waals surface area contributed by atoms with Gasteiger partial charge in [-0.2, -0.15) is 5.10 Å². The number of likely N-dealkylation sites (tertiary alicyclic amines) is 2. The van der Waals surface area contributed by atoms with E-state index in [1.807, 2.05) is 14.5 Å². The summed E-state index contributed by atoms with van der Waals surface area (Å²) in [5.74, 6) is 0.148. The molecule has 2 aliphatic heterocycles. The third-order valence-electron chi connectivity index (χ3n) is 5.01. The molecule has 3 aliphatic rings. The van der Waals surface area contributed by atoms with E-state index in [0.717, 1.165) is 32.2 Å². The Morgan fingerprint density at radius 2 is 2.05 bits per heavy atom. The van der Waals surface area contributed by atoms with Crippen molar-refractivity contribution >= 4 is 11.8 Å². The highest BCUT2D eigenvalue weighted by Gasteiger charge is 2.43. The van der Waals surface area contributed by atoms with E-state index in [0.29, 0.717) is 25.6 Å². The molecule has 1 aromatic rings. The number of hydrogen-bond donors (Lipinski definition) is 0. The van der Waals surface area contributed by atoms with E-state index >= 15 is 0 Å². The second kappa shape index (κ2) is 5.37. The Labute approximate surface area is 129 Å². The fraction of sp³-hybridized carbons (Fsp3) is 0.733. The number of nitrogens with zero attached hydrogens (tertiary/aromatic N) is 5. The van der Waals surface area contributed by atoms with Crippen molar-refractivity contribution in [2.24, 2.45) is 5.92 Å². The van der Waals surface area contributed by atoms with E-state index in [-0.39, 0.29) is 23.8 Å². The topological polar surface area (TPSA) is 71.3 Å². The molecule has 0 spiro atoms. The number of piperidine rings is 1. The second-order valence-corrected chi connectivity index (χ2v) is 6.63. The molecule has 22 heavy (non-hydrogen) atoms. The number of hydrogen-bond acceptors (Lipinski definition) is 4. The summed E-state index contributed by atoms with van der Waals surface area (Å²) in [6.07, 6.45) is 7.83. The van der Waals surface area contributed by atoms with Crippen LogP contribution in [0, 0.1) is 5.92 Å². The Morgan fingerprint density at radius 3 is 2.77 bits per heavy atom. The number of aromatic nitrogens is 3. The summed E-state index contributed by atoms with van der Waals surface area (Å²) in [6.45, 7) is 2.08. The predicted molar refractivity (Wildman–Crippen MR) is 77.7 cm³/mol. The molecule has 1 aliphatic carbocycles. The summed E-state index contributed by atoms with van der Waals surface area (Å²) in [5.41, 5.74) is 0. The number of carbonyl (C=O) groups is 2. The second-order valence-electron chi connectivity index (χ2n) is 6.63. The van der Waals surface area contributed by atoms with E-state index in [1.54, 1.807) is 6.33 Å². The average Bonchev–Trinajstić information content (AvgIpc) is 3.09. The highest BCUT2D eigenvalue weighted by atomic mass is 16.2. The van der Waals surface area contributed by atoms with Crippen molar-refractivity contribution in [1.82, 2.24) is 24.6 Å². The van der Waals surface area contributed by atoms with Crippen LogP contribution in [0.25, 0.3) is 0 Å². The maximum Gasteiger partial charge on any atom is 0.228 e. The Morgan fingerprint density at radius 1 is 1.18 bits per heavy atom. The molecular formula is C15H21N5O2. The monoisotopic (exact) mass is 303 g/mol. The van der Waals surface area contributed by atoms with E-state index in [9.17, 15) is 9.59 Å². The fourth-order valence-electron chi connectivity index (χ4n) is 3.67. The minimum absolute atomic E-state index is 0.140. The number of carbonyl (C=O) groups excluding carboxylic acids is 2. The third-order valence-corrected chi connectivity index (χ3v) is 5.01. The number of amides is 2. The van der Waals surface area contributed by atoms with E-state index in [4.69, 9.17) is 0 Å². The highest BCUT2D eigenvalue weighted by molar-refractivity contribution is 5.89. The van der Waals surface area contributed by atoms with Gasteiger partial charge in [0.15, 0.2) is 0 Å². The van der Waals surface area contributed by atoms with Crippen LogP contribution in [0.5, 0.6) is 0 Å². The lowest BCUT2D eigenvalue weighted by Gasteiger charge is -2.34. The zero-order chi connectivity index (χ0) is 15.1. The largest absolute Gasteiger partial charge is 0.340 e. The van der Waals surface area contributed by atoms with Gasteiger partial charge in [-0.05, 0) is 25.7 Å². The van der Waals surface area contributed by atoms with Gasteiger partial charge in [-0.25, -0.2) is 9.67 Å². The van der Waals surface area contributed by atoms with Crippen LogP contribution in [0.15, 0.2) is 12.7 Å². The summed E-state index contributed by atoms with van der Waals surface area (Å²) in [5, 5.41) is 4.19. The highest BCUT2D eigenvalue weighted by Crippen LogP contribution is 2.33. The molecule has 0 unspecified atom stereocenters. The van der Waals surface area contributed by atoms with Crippen LogP contribution in [0.1, 0.15) is 38.1 Å². The maximum absolute atomic E-state index is 12.8. The molecule has 2 atom stereocenters. The van der Waals surface area contributed by atoms with Crippen molar-refractivity contribution < 1.29 is 9.59 Å². The lowest BCUT2D eigenvalue weighted by Crippen LogP contribution is -2.44. The van der Waals surface area contributed by atoms with Crippen molar-refractivity contribution in [3.05, 3.63) is 12.7 Å². The van der Waals surface area contributed by atoms with Gasteiger partial charge in [0.25, 0.3) is 0 Å². The van der Waals surface area contributed by atoms with Crippen LogP contribution < -0.4 is 0 Å². The Hall–Kier alpha value is -1.92. The normalized spacial score (nSPS) is 29.2. The van der Waals surface area contributed by atoms with Gasteiger partial charge < -0.3 is 9.80 Å². The van der Waals surface area contributed by atoms with E-state index < -0.39 is 0 Å². The van der Waals surface area contributed by atoms with Crippen LogP contribution in [0.2, 0.25) is 0 Å². The summed E-state index contributed by atoms with van der Waals surface area (Å²) < 4.78 is 1.84. The van der Waals surface area contributed by atoms with Crippen molar-refractivity contribution in [1.29, 1.82) is 0 Å². The predicted octanol–water partition coefficient (Wildman–Crippen LogP) is 0.452. The molecule has 1 saturated carbocycles. The van der Waals surface area contributed by atoms with Gasteiger partial charge in [-0.1, -0.05) is 0 Å². The zero-order valence-corrected chi connectivity index (χ0v) is 12.6. The van der Waals surface area contributed by atoms with Gasteiger partial charge in [-0.15, -0.1) is 0 Å². The van der Waals surface area contributed by atoms with Gasteiger partial charge in [0.2, 0.25) is 11.8 Å². The Bertz CT molecular complexity index is 568. The number of rotatable bonds is 3. The average molecular weight is 303 g/mol. The SMILES string of the molecule is O=C([C@@H]1CC(=O)N(C2CC2)C1)N1CCC[C@@H](n2cncn2)C1. The van der Waals surface area contributed by atoms with Crippen molar-refractivity contribution in [2.45, 2.75) is 44.2 Å². The van der Waals surface area contributed by atoms with E-state index in [1.165, 1.54) is 6.33 Å². The molecule has 2 saturated heterocycles. The molecule has 7 nitrogen and oxygen atoms in total. The first-order valence-corrected chi connectivity index (χ1v) is 8.15. The third kappa shape index (κ3) is 2.48. The summed E-state index contributed by atoms with van der Waals surface area (Å²) in [4.78, 5) is 32.6. The molecule has 0 aromatic carbocycles.